The van der Waals surface area contributed by atoms with E-state index in [9.17, 15) is 19.5 Å². The van der Waals surface area contributed by atoms with Crippen molar-refractivity contribution in [3.05, 3.63) is 53.6 Å². The summed E-state index contributed by atoms with van der Waals surface area (Å²) in [5, 5.41) is 16.7. The zero-order valence-corrected chi connectivity index (χ0v) is 23.6. The Hall–Kier alpha value is -3.23. The van der Waals surface area contributed by atoms with Crippen LogP contribution in [0.1, 0.15) is 81.3 Å². The first-order valence-corrected chi connectivity index (χ1v) is 14.4. The van der Waals surface area contributed by atoms with E-state index in [4.69, 9.17) is 9.47 Å². The summed E-state index contributed by atoms with van der Waals surface area (Å²) in [7, 11) is 0. The van der Waals surface area contributed by atoms with Gasteiger partial charge in [-0.1, -0.05) is 19.9 Å². The molecule has 1 unspecified atom stereocenters. The maximum absolute atomic E-state index is 13.7. The Labute approximate surface area is 235 Å². The van der Waals surface area contributed by atoms with Gasteiger partial charge >= 0.3 is 11.9 Å². The van der Waals surface area contributed by atoms with E-state index in [0.717, 1.165) is 25.8 Å². The second-order valence-corrected chi connectivity index (χ2v) is 12.5. The molecule has 4 aliphatic rings. The Balaban J connectivity index is 1.36. The predicted molar refractivity (Wildman–Crippen MR) is 151 cm³/mol. The molecule has 3 N–H and O–H groups in total. The molecule has 40 heavy (non-hydrogen) atoms. The Kier molecular flexibility index (Phi) is 8.29. The van der Waals surface area contributed by atoms with E-state index in [1.807, 2.05) is 0 Å². The highest BCUT2D eigenvalue weighted by Crippen LogP contribution is 2.60. The summed E-state index contributed by atoms with van der Waals surface area (Å²) in [6, 6.07) is 11.3. The van der Waals surface area contributed by atoms with Crippen molar-refractivity contribution in [3.8, 4) is 11.5 Å². The molecule has 4 aliphatic carbocycles. The van der Waals surface area contributed by atoms with Gasteiger partial charge in [-0.05, 0) is 111 Å². The number of anilines is 1. The zero-order chi connectivity index (χ0) is 28.4. The van der Waals surface area contributed by atoms with Crippen molar-refractivity contribution in [2.24, 2.45) is 29.1 Å². The van der Waals surface area contributed by atoms with E-state index in [1.165, 1.54) is 26.2 Å². The molecule has 0 heterocycles. The van der Waals surface area contributed by atoms with E-state index in [2.05, 4.69) is 24.5 Å². The molecule has 0 saturated heterocycles. The maximum Gasteiger partial charge on any atom is 0.343 e. The van der Waals surface area contributed by atoms with Crippen LogP contribution < -0.4 is 20.1 Å². The lowest BCUT2D eigenvalue weighted by molar-refractivity contribution is -0.161. The van der Waals surface area contributed by atoms with E-state index in [0.29, 0.717) is 41.5 Å². The molecular formula is C32H40N2O6. The summed E-state index contributed by atoms with van der Waals surface area (Å²) in [4.78, 5) is 38.1. The molecule has 8 nitrogen and oxygen atoms in total. The van der Waals surface area contributed by atoms with E-state index in [-0.39, 0.29) is 28.9 Å². The summed E-state index contributed by atoms with van der Waals surface area (Å²) in [6.45, 7) is 6.68. The minimum Gasteiger partial charge on any atom is -0.422 e. The van der Waals surface area contributed by atoms with Gasteiger partial charge < -0.3 is 25.2 Å². The molecule has 0 spiro atoms. The molecule has 0 radical (unpaired) electrons. The van der Waals surface area contributed by atoms with Crippen LogP contribution in [0.5, 0.6) is 11.5 Å². The van der Waals surface area contributed by atoms with Crippen molar-refractivity contribution in [1.29, 1.82) is 0 Å². The first kappa shape index (κ1) is 28.3. The minimum absolute atomic E-state index is 0.0921. The molecule has 4 bridgehead atoms. The van der Waals surface area contributed by atoms with Crippen molar-refractivity contribution >= 4 is 23.5 Å². The van der Waals surface area contributed by atoms with Gasteiger partial charge in [-0.25, -0.2) is 4.79 Å². The molecule has 1 amide bonds. The number of ether oxygens (including phenoxy) is 2. The van der Waals surface area contributed by atoms with Crippen LogP contribution in [0.2, 0.25) is 0 Å². The van der Waals surface area contributed by atoms with Crippen molar-refractivity contribution in [3.63, 3.8) is 0 Å². The summed E-state index contributed by atoms with van der Waals surface area (Å²) in [5.74, 6) is 1.39. The zero-order valence-electron chi connectivity index (χ0n) is 23.6. The van der Waals surface area contributed by atoms with Crippen molar-refractivity contribution < 1.29 is 29.0 Å². The van der Waals surface area contributed by atoms with E-state index >= 15 is 0 Å². The van der Waals surface area contributed by atoms with Crippen LogP contribution in [0.25, 0.3) is 0 Å². The Bertz CT molecular complexity index is 1220. The number of aliphatic hydroxyl groups is 1. The third-order valence-corrected chi connectivity index (χ3v) is 8.56. The minimum atomic E-state index is -0.832. The lowest BCUT2D eigenvalue weighted by atomic mass is 9.49. The lowest BCUT2D eigenvalue weighted by Gasteiger charge is -2.55. The van der Waals surface area contributed by atoms with Gasteiger partial charge in [0.25, 0.3) is 0 Å². The van der Waals surface area contributed by atoms with Crippen molar-refractivity contribution in [2.75, 3.05) is 18.4 Å². The number of aliphatic hydroxyl groups excluding tert-OH is 1. The fraction of sp³-hybridized carbons (Fsp3) is 0.531. The van der Waals surface area contributed by atoms with Gasteiger partial charge in [0.15, 0.2) is 11.5 Å². The first-order chi connectivity index (χ1) is 19.1. The molecule has 6 rings (SSSR count). The number of carbonyl (C=O) groups excluding carboxylic acids is 3. The average molecular weight is 549 g/mol. The summed E-state index contributed by atoms with van der Waals surface area (Å²) < 4.78 is 11.8. The fourth-order valence-corrected chi connectivity index (χ4v) is 7.14. The van der Waals surface area contributed by atoms with E-state index in [1.54, 1.807) is 42.5 Å². The highest BCUT2D eigenvalue weighted by molar-refractivity contribution is 5.93. The van der Waals surface area contributed by atoms with Crippen molar-refractivity contribution in [2.45, 2.75) is 65.4 Å². The average Bonchev–Trinajstić information content (AvgIpc) is 2.88. The van der Waals surface area contributed by atoms with Gasteiger partial charge in [-0.2, -0.15) is 0 Å². The fourth-order valence-electron chi connectivity index (χ4n) is 7.14. The van der Waals surface area contributed by atoms with Crippen LogP contribution in [0, 0.1) is 29.1 Å². The molecule has 4 saturated carbocycles. The third kappa shape index (κ3) is 6.39. The van der Waals surface area contributed by atoms with Gasteiger partial charge in [0.1, 0.15) is 0 Å². The smallest absolute Gasteiger partial charge is 0.343 e. The van der Waals surface area contributed by atoms with Crippen LogP contribution in [-0.2, 0) is 9.59 Å². The molecule has 4 fully saturated rings. The molecule has 2 aromatic rings. The number of hydrogen-bond donors (Lipinski definition) is 3. The quantitative estimate of drug-likeness (QED) is 0.274. The Morgan fingerprint density at radius 3 is 2.10 bits per heavy atom. The number of carbonyl (C=O) groups is 3. The first-order valence-electron chi connectivity index (χ1n) is 14.4. The topological polar surface area (TPSA) is 114 Å². The summed E-state index contributed by atoms with van der Waals surface area (Å²) in [6.07, 6.45) is 5.42. The molecule has 1 atom stereocenters. The Morgan fingerprint density at radius 1 is 0.900 bits per heavy atom. The van der Waals surface area contributed by atoms with Gasteiger partial charge in [-0.15, -0.1) is 0 Å². The van der Waals surface area contributed by atoms with Gasteiger partial charge in [-0.3, -0.25) is 9.59 Å². The van der Waals surface area contributed by atoms with Crippen LogP contribution >= 0.6 is 0 Å². The molecule has 2 aromatic carbocycles. The summed E-state index contributed by atoms with van der Waals surface area (Å²) in [5.41, 5.74) is 0.925. The molecule has 214 valence electrons. The second kappa shape index (κ2) is 11.7. The number of amides is 1. The predicted octanol–water partition coefficient (Wildman–Crippen LogP) is 5.27. The highest BCUT2D eigenvalue weighted by atomic mass is 16.6. The standard InChI is InChI=1S/C32H40N2O6/c1-19(2)17-33-18-27(36)25-6-9-28(40-31(38)32-14-21-10-22(15-32)12-23(11-21)16-32)29(13-25)39-30(37)24-4-7-26(8-5-24)34-20(3)35/h4-9,13,19,21-23,27,33,36H,10-12,14-18H2,1-3H3,(H,34,35). The SMILES string of the molecule is CC(=O)Nc1ccc(C(=O)Oc2cc(C(O)CNCC(C)C)ccc2OC(=O)C23CC4CC(CC(C4)C2)C3)cc1. The lowest BCUT2D eigenvalue weighted by Crippen LogP contribution is -2.51. The second-order valence-electron chi connectivity index (χ2n) is 12.5. The van der Waals surface area contributed by atoms with Crippen LogP contribution in [0.3, 0.4) is 0 Å². The Morgan fingerprint density at radius 2 is 1.52 bits per heavy atom. The van der Waals surface area contributed by atoms with Crippen molar-refractivity contribution in [1.82, 2.24) is 5.32 Å². The van der Waals surface area contributed by atoms with Gasteiger partial charge in [0, 0.05) is 19.2 Å². The number of benzene rings is 2. The maximum atomic E-state index is 13.7. The number of hydrogen-bond acceptors (Lipinski definition) is 7. The van der Waals surface area contributed by atoms with Crippen LogP contribution in [0.15, 0.2) is 42.5 Å². The largest absolute Gasteiger partial charge is 0.422 e. The van der Waals surface area contributed by atoms with Gasteiger partial charge in [0.05, 0.1) is 17.1 Å². The highest BCUT2D eigenvalue weighted by Gasteiger charge is 2.55. The number of esters is 2. The molecule has 0 aromatic heterocycles. The third-order valence-electron chi connectivity index (χ3n) is 8.56. The van der Waals surface area contributed by atoms with E-state index < -0.39 is 17.5 Å². The molecule has 0 aliphatic heterocycles. The normalized spacial score (nSPS) is 25.5. The van der Waals surface area contributed by atoms with Crippen LogP contribution in [-0.4, -0.2) is 36.0 Å². The van der Waals surface area contributed by atoms with Crippen LogP contribution in [0.4, 0.5) is 5.69 Å². The molecular weight excluding hydrogens is 508 g/mol. The monoisotopic (exact) mass is 548 g/mol. The number of rotatable bonds is 10. The summed E-state index contributed by atoms with van der Waals surface area (Å²) >= 11 is 0. The molecule has 8 heteroatoms. The number of nitrogens with one attached hydrogen (secondary N) is 2. The van der Waals surface area contributed by atoms with Gasteiger partial charge in [0.2, 0.25) is 5.91 Å².